The van der Waals surface area contributed by atoms with E-state index in [2.05, 4.69) is 62.5 Å². The van der Waals surface area contributed by atoms with E-state index in [4.69, 9.17) is 24.3 Å². The number of carbonyl (C=O) groups excluding carboxylic acids is 2. The fraction of sp³-hybridized carbons (Fsp3) is 0.767. The summed E-state index contributed by atoms with van der Waals surface area (Å²) in [5.41, 5.74) is 5.34. The van der Waals surface area contributed by atoms with Crippen molar-refractivity contribution in [2.75, 3.05) is 26.4 Å². The minimum absolute atomic E-state index is 0.0483. The van der Waals surface area contributed by atoms with Crippen molar-refractivity contribution in [3.63, 3.8) is 0 Å². The normalized spacial score (nSPS) is 13.8. The topological polar surface area (TPSA) is 134 Å². The van der Waals surface area contributed by atoms with E-state index in [9.17, 15) is 19.0 Å². The van der Waals surface area contributed by atoms with Gasteiger partial charge in [0.15, 0.2) is 6.10 Å². The highest BCUT2D eigenvalue weighted by atomic mass is 31.2. The van der Waals surface area contributed by atoms with E-state index in [0.29, 0.717) is 6.42 Å². The number of hydrogen-bond acceptors (Lipinski definition) is 8. The van der Waals surface area contributed by atoms with Crippen molar-refractivity contribution in [1.82, 2.24) is 0 Å². The molecule has 9 nitrogen and oxygen atoms in total. The van der Waals surface area contributed by atoms with Crippen molar-refractivity contribution in [3.8, 4) is 0 Å². The predicted octanol–water partition coefficient (Wildman–Crippen LogP) is 11.9. The number of esters is 2. The van der Waals surface area contributed by atoms with E-state index in [-0.39, 0.29) is 38.6 Å². The molecule has 3 N–H and O–H groups in total. The van der Waals surface area contributed by atoms with E-state index in [1.165, 1.54) is 77.0 Å². The average molecular weight is 768 g/mol. The standard InChI is InChI=1S/C43H78NO8P/c1-3-5-7-9-11-13-15-17-19-20-22-24-26-28-30-32-34-36-43(46)52-41(40-51-53(47,48)50-38-37-44)39-49-42(45)35-33-31-29-27-25-23-21-18-16-14-12-10-8-6-4-2/h5,7,11,13,17,19,22,24,41H,3-4,6,8-10,12,14-16,18,20-21,23,25-40,44H2,1-2H3,(H,47,48)/b7-5-,13-11-,19-17-,24-22-. The largest absolute Gasteiger partial charge is 0.472 e. The van der Waals surface area contributed by atoms with Crippen LogP contribution in [0.15, 0.2) is 48.6 Å². The molecule has 0 aromatic rings. The Bertz CT molecular complexity index is 1010. The van der Waals surface area contributed by atoms with Gasteiger partial charge >= 0.3 is 19.8 Å². The molecule has 0 rings (SSSR count). The number of unbranched alkanes of at least 4 members (excludes halogenated alkanes) is 18. The first-order valence-corrected chi connectivity index (χ1v) is 22.6. The quantitative estimate of drug-likeness (QED) is 0.0271. The van der Waals surface area contributed by atoms with E-state index in [0.717, 1.165) is 70.6 Å². The van der Waals surface area contributed by atoms with E-state index < -0.39 is 26.5 Å². The lowest BCUT2D eigenvalue weighted by Crippen LogP contribution is -2.29. The molecule has 0 fully saturated rings. The Morgan fingerprint density at radius 2 is 1.04 bits per heavy atom. The molecule has 53 heavy (non-hydrogen) atoms. The van der Waals surface area contributed by atoms with Crippen molar-refractivity contribution < 1.29 is 37.6 Å². The maximum atomic E-state index is 12.6. The Kier molecular flexibility index (Phi) is 38.1. The lowest BCUT2D eigenvalue weighted by Gasteiger charge is -2.19. The number of rotatable bonds is 39. The Balaban J connectivity index is 4.21. The fourth-order valence-corrected chi connectivity index (χ4v) is 6.39. The summed E-state index contributed by atoms with van der Waals surface area (Å²) in [7, 11) is -4.38. The Morgan fingerprint density at radius 3 is 1.55 bits per heavy atom. The SMILES string of the molecule is CC/C=C\C/C=C\C/C=C\C/C=C\CCCCCCC(=O)OC(COC(=O)CCCCCCCCCCCCCCCCC)COP(=O)(O)OCCN. The van der Waals surface area contributed by atoms with Crippen molar-refractivity contribution in [2.24, 2.45) is 5.73 Å². The molecule has 2 unspecified atom stereocenters. The van der Waals surface area contributed by atoms with Gasteiger partial charge in [-0.15, -0.1) is 0 Å². The molecular weight excluding hydrogens is 689 g/mol. The van der Waals surface area contributed by atoms with Gasteiger partial charge in [0.25, 0.3) is 0 Å². The van der Waals surface area contributed by atoms with Crippen LogP contribution in [0.5, 0.6) is 0 Å². The third-order valence-corrected chi connectivity index (χ3v) is 9.71. The Labute approximate surface area is 324 Å². The van der Waals surface area contributed by atoms with Gasteiger partial charge in [-0.1, -0.05) is 165 Å². The lowest BCUT2D eigenvalue weighted by atomic mass is 10.0. The highest BCUT2D eigenvalue weighted by Crippen LogP contribution is 2.43. The summed E-state index contributed by atoms with van der Waals surface area (Å²) in [5.74, 6) is -0.854. The summed E-state index contributed by atoms with van der Waals surface area (Å²) in [6.45, 7) is 3.59. The van der Waals surface area contributed by atoms with Gasteiger partial charge in [0, 0.05) is 19.4 Å². The summed E-state index contributed by atoms with van der Waals surface area (Å²) >= 11 is 0. The summed E-state index contributed by atoms with van der Waals surface area (Å²) in [4.78, 5) is 34.8. The van der Waals surface area contributed by atoms with Gasteiger partial charge in [-0.3, -0.25) is 18.6 Å². The number of allylic oxidation sites excluding steroid dienone is 8. The van der Waals surface area contributed by atoms with Gasteiger partial charge in [-0.05, 0) is 51.4 Å². The zero-order chi connectivity index (χ0) is 38.9. The molecule has 0 aromatic heterocycles. The summed E-state index contributed by atoms with van der Waals surface area (Å²) < 4.78 is 32.7. The summed E-state index contributed by atoms with van der Waals surface area (Å²) in [6.07, 6.45) is 44.2. The van der Waals surface area contributed by atoms with Gasteiger partial charge < -0.3 is 20.1 Å². The second kappa shape index (κ2) is 39.7. The van der Waals surface area contributed by atoms with Crippen LogP contribution in [0.4, 0.5) is 0 Å². The van der Waals surface area contributed by atoms with Crippen molar-refractivity contribution in [1.29, 1.82) is 0 Å². The van der Waals surface area contributed by atoms with Gasteiger partial charge in [0.2, 0.25) is 0 Å². The van der Waals surface area contributed by atoms with Crippen LogP contribution < -0.4 is 5.73 Å². The minimum Gasteiger partial charge on any atom is -0.462 e. The first-order valence-electron chi connectivity index (χ1n) is 21.1. The monoisotopic (exact) mass is 768 g/mol. The van der Waals surface area contributed by atoms with Crippen LogP contribution in [-0.4, -0.2) is 49.3 Å². The van der Waals surface area contributed by atoms with Crippen molar-refractivity contribution in [2.45, 2.75) is 187 Å². The Hall–Kier alpha value is -2.03. The lowest BCUT2D eigenvalue weighted by molar-refractivity contribution is -0.161. The van der Waals surface area contributed by atoms with Crippen LogP contribution in [-0.2, 0) is 32.7 Å². The van der Waals surface area contributed by atoms with E-state index in [1.54, 1.807) is 0 Å². The molecule has 0 aliphatic rings. The van der Waals surface area contributed by atoms with Crippen LogP contribution in [0.25, 0.3) is 0 Å². The molecule has 0 heterocycles. The van der Waals surface area contributed by atoms with E-state index >= 15 is 0 Å². The highest BCUT2D eigenvalue weighted by Gasteiger charge is 2.26. The number of phosphoric ester groups is 1. The van der Waals surface area contributed by atoms with Gasteiger partial charge in [0.05, 0.1) is 13.2 Å². The molecule has 308 valence electrons. The number of phosphoric acid groups is 1. The second-order valence-corrected chi connectivity index (χ2v) is 15.3. The highest BCUT2D eigenvalue weighted by molar-refractivity contribution is 7.47. The average Bonchev–Trinajstić information content (AvgIpc) is 3.14. The molecule has 10 heteroatoms. The zero-order valence-corrected chi connectivity index (χ0v) is 34.6. The van der Waals surface area contributed by atoms with Crippen LogP contribution in [0, 0.1) is 0 Å². The van der Waals surface area contributed by atoms with Crippen LogP contribution in [0.2, 0.25) is 0 Å². The molecule has 0 aliphatic carbocycles. The molecule has 0 aromatic carbocycles. The summed E-state index contributed by atoms with van der Waals surface area (Å²) in [5, 5.41) is 0. The smallest absolute Gasteiger partial charge is 0.462 e. The molecule has 2 atom stereocenters. The minimum atomic E-state index is -4.38. The van der Waals surface area contributed by atoms with Crippen LogP contribution in [0.1, 0.15) is 181 Å². The Morgan fingerprint density at radius 1 is 0.585 bits per heavy atom. The molecular formula is C43H78NO8P. The maximum Gasteiger partial charge on any atom is 0.472 e. The van der Waals surface area contributed by atoms with E-state index in [1.807, 2.05) is 0 Å². The third kappa shape index (κ3) is 39.5. The number of nitrogens with two attached hydrogens (primary N) is 1. The number of hydrogen-bond donors (Lipinski definition) is 2. The fourth-order valence-electron chi connectivity index (χ4n) is 5.62. The molecule has 0 aliphatic heterocycles. The van der Waals surface area contributed by atoms with Gasteiger partial charge in [-0.2, -0.15) is 0 Å². The van der Waals surface area contributed by atoms with Gasteiger partial charge in [0.1, 0.15) is 6.61 Å². The van der Waals surface area contributed by atoms with Crippen LogP contribution in [0.3, 0.4) is 0 Å². The molecule has 0 radical (unpaired) electrons. The number of ether oxygens (including phenoxy) is 2. The molecule has 0 amide bonds. The van der Waals surface area contributed by atoms with Crippen LogP contribution >= 0.6 is 7.82 Å². The number of carbonyl (C=O) groups is 2. The summed E-state index contributed by atoms with van der Waals surface area (Å²) in [6, 6.07) is 0. The molecule has 0 saturated heterocycles. The van der Waals surface area contributed by atoms with Gasteiger partial charge in [-0.25, -0.2) is 4.57 Å². The first-order chi connectivity index (χ1) is 25.8. The first kappa shape index (κ1) is 51.0. The molecule has 0 bridgehead atoms. The second-order valence-electron chi connectivity index (χ2n) is 13.8. The predicted molar refractivity (Wildman–Crippen MR) is 220 cm³/mol. The molecule has 0 saturated carbocycles. The zero-order valence-electron chi connectivity index (χ0n) is 33.7. The third-order valence-electron chi connectivity index (χ3n) is 8.73. The molecule has 0 spiro atoms. The van der Waals surface area contributed by atoms with Crippen molar-refractivity contribution >= 4 is 19.8 Å². The maximum absolute atomic E-state index is 12.6. The van der Waals surface area contributed by atoms with Crippen molar-refractivity contribution in [3.05, 3.63) is 48.6 Å².